The molecule has 132 valence electrons. The van der Waals surface area contributed by atoms with Gasteiger partial charge in [0.2, 0.25) is 0 Å². The van der Waals surface area contributed by atoms with Crippen molar-refractivity contribution in [3.05, 3.63) is 56.3 Å². The molecule has 1 aromatic heterocycles. The Hall–Kier alpha value is -2.61. The molecular weight excluding hydrogens is 317 g/mol. The first-order valence-corrected chi connectivity index (χ1v) is 8.29. The summed E-state index contributed by atoms with van der Waals surface area (Å²) in [5, 5.41) is 10.8. The highest BCUT2D eigenvalue weighted by Gasteiger charge is 2.16. The lowest BCUT2D eigenvalue weighted by Gasteiger charge is -2.18. The Kier molecular flexibility index (Phi) is 5.32. The van der Waals surface area contributed by atoms with Crippen LogP contribution in [-0.4, -0.2) is 9.13 Å². The number of hydrogen-bond donors (Lipinski definition) is 0. The Morgan fingerprint density at radius 2 is 1.96 bits per heavy atom. The molecule has 0 atom stereocenters. The summed E-state index contributed by atoms with van der Waals surface area (Å²) in [5.41, 5.74) is 0.561. The van der Waals surface area contributed by atoms with E-state index in [1.165, 1.54) is 6.07 Å². The summed E-state index contributed by atoms with van der Waals surface area (Å²) < 4.78 is 17.1. The fourth-order valence-corrected chi connectivity index (χ4v) is 2.94. The van der Waals surface area contributed by atoms with Crippen LogP contribution >= 0.6 is 0 Å². The summed E-state index contributed by atoms with van der Waals surface area (Å²) in [5.74, 6) is -0.519. The third-order valence-electron chi connectivity index (χ3n) is 4.07. The van der Waals surface area contributed by atoms with Crippen molar-refractivity contribution in [1.29, 1.82) is 5.26 Å². The van der Waals surface area contributed by atoms with Crippen molar-refractivity contribution < 1.29 is 4.39 Å². The van der Waals surface area contributed by atoms with Gasteiger partial charge in [-0.05, 0) is 30.4 Å². The monoisotopic (exact) mass is 341 g/mol. The van der Waals surface area contributed by atoms with Crippen LogP contribution in [-0.2, 0) is 20.0 Å². The molecule has 0 N–H and O–H groups in total. The molecule has 0 saturated carbocycles. The lowest BCUT2D eigenvalue weighted by atomic mass is 9.97. The van der Waals surface area contributed by atoms with Crippen LogP contribution in [0, 0.1) is 22.6 Å². The standard InChI is InChI=1S/C20H24FN3O/c1-6-17-18(23(5)19(25)24(17)13-20(2,3)4)11-10-14-8-7-9-16(21)15(14)12-22/h6-9,11H,10,13H2,1-5H3. The molecule has 0 amide bonds. The topological polar surface area (TPSA) is 50.7 Å². The van der Waals surface area contributed by atoms with E-state index < -0.39 is 5.82 Å². The lowest BCUT2D eigenvalue weighted by molar-refractivity contribution is 0.333. The first kappa shape index (κ1) is 18.7. The number of imidazole rings is 1. The van der Waals surface area contributed by atoms with Gasteiger partial charge in [-0.25, -0.2) is 9.18 Å². The number of halogens is 1. The normalized spacial score (nSPS) is 13.3. The fraction of sp³-hybridized carbons (Fsp3) is 0.400. The second-order valence-electron chi connectivity index (χ2n) is 7.34. The molecule has 0 saturated heterocycles. The summed E-state index contributed by atoms with van der Waals surface area (Å²) in [6.45, 7) is 8.76. The molecule has 0 bridgehead atoms. The van der Waals surface area contributed by atoms with Crippen LogP contribution in [0.5, 0.6) is 0 Å². The van der Waals surface area contributed by atoms with Crippen LogP contribution in [0.3, 0.4) is 0 Å². The van der Waals surface area contributed by atoms with Gasteiger partial charge in [0.15, 0.2) is 0 Å². The maximum atomic E-state index is 13.8. The van der Waals surface area contributed by atoms with E-state index in [-0.39, 0.29) is 16.7 Å². The van der Waals surface area contributed by atoms with Crippen molar-refractivity contribution in [2.45, 2.75) is 40.7 Å². The van der Waals surface area contributed by atoms with Gasteiger partial charge in [-0.2, -0.15) is 5.26 Å². The number of benzene rings is 1. The fourth-order valence-electron chi connectivity index (χ4n) is 2.94. The van der Waals surface area contributed by atoms with E-state index >= 15 is 0 Å². The van der Waals surface area contributed by atoms with Crippen molar-refractivity contribution in [2.75, 3.05) is 0 Å². The minimum Gasteiger partial charge on any atom is -0.295 e. The Morgan fingerprint density at radius 3 is 2.52 bits per heavy atom. The highest BCUT2D eigenvalue weighted by atomic mass is 19.1. The Morgan fingerprint density at radius 1 is 1.28 bits per heavy atom. The molecule has 2 aromatic rings. The SMILES string of the molecule is CC=c1c(=CCc2cccc(F)c2C#N)n(C)c(=O)n1CC(C)(C)C. The Labute approximate surface area is 147 Å². The van der Waals surface area contributed by atoms with E-state index in [0.717, 1.165) is 10.7 Å². The average molecular weight is 341 g/mol. The highest BCUT2D eigenvalue weighted by Crippen LogP contribution is 2.14. The highest BCUT2D eigenvalue weighted by molar-refractivity contribution is 5.43. The molecule has 25 heavy (non-hydrogen) atoms. The van der Waals surface area contributed by atoms with E-state index in [2.05, 4.69) is 20.8 Å². The molecule has 1 aromatic carbocycles. The largest absolute Gasteiger partial charge is 0.328 e. The zero-order valence-corrected chi connectivity index (χ0v) is 15.4. The van der Waals surface area contributed by atoms with Crippen LogP contribution in [0.4, 0.5) is 4.39 Å². The summed E-state index contributed by atoms with van der Waals surface area (Å²) in [6.07, 6.45) is 4.18. The maximum Gasteiger partial charge on any atom is 0.328 e. The quantitative estimate of drug-likeness (QED) is 0.858. The molecule has 2 rings (SSSR count). The molecule has 4 nitrogen and oxygen atoms in total. The van der Waals surface area contributed by atoms with Gasteiger partial charge >= 0.3 is 5.69 Å². The van der Waals surface area contributed by atoms with Gasteiger partial charge < -0.3 is 0 Å². The smallest absolute Gasteiger partial charge is 0.295 e. The number of nitrogens with zero attached hydrogens (tertiary/aromatic N) is 3. The molecule has 0 radical (unpaired) electrons. The van der Waals surface area contributed by atoms with Crippen LogP contribution in [0.15, 0.2) is 23.0 Å². The summed E-state index contributed by atoms with van der Waals surface area (Å²) in [4.78, 5) is 12.6. The molecule has 0 aliphatic rings. The van der Waals surface area contributed by atoms with E-state index in [1.54, 1.807) is 28.3 Å². The van der Waals surface area contributed by atoms with Crippen LogP contribution in [0.1, 0.15) is 38.8 Å². The number of hydrogen-bond acceptors (Lipinski definition) is 2. The van der Waals surface area contributed by atoms with E-state index in [4.69, 9.17) is 5.26 Å². The van der Waals surface area contributed by atoms with Gasteiger partial charge in [0, 0.05) is 13.6 Å². The first-order valence-electron chi connectivity index (χ1n) is 8.29. The molecule has 0 aliphatic heterocycles. The predicted octanol–water partition coefficient (Wildman–Crippen LogP) is 2.07. The van der Waals surface area contributed by atoms with Crippen molar-refractivity contribution in [3.8, 4) is 6.07 Å². The van der Waals surface area contributed by atoms with Gasteiger partial charge in [0.1, 0.15) is 11.9 Å². The molecule has 0 spiro atoms. The molecular formula is C20H24FN3O. The van der Waals surface area contributed by atoms with Gasteiger partial charge in [-0.1, -0.05) is 45.1 Å². The van der Waals surface area contributed by atoms with Gasteiger partial charge in [-0.3, -0.25) is 9.13 Å². The summed E-state index contributed by atoms with van der Waals surface area (Å²) >= 11 is 0. The molecule has 5 heteroatoms. The molecule has 0 aliphatic carbocycles. The van der Waals surface area contributed by atoms with Crippen molar-refractivity contribution >= 4 is 12.2 Å². The third-order valence-corrected chi connectivity index (χ3v) is 4.07. The zero-order chi connectivity index (χ0) is 18.8. The van der Waals surface area contributed by atoms with Crippen molar-refractivity contribution in [1.82, 2.24) is 9.13 Å². The van der Waals surface area contributed by atoms with Gasteiger partial charge in [0.05, 0.1) is 16.3 Å². The van der Waals surface area contributed by atoms with Crippen molar-refractivity contribution in [3.63, 3.8) is 0 Å². The predicted molar refractivity (Wildman–Crippen MR) is 97.8 cm³/mol. The van der Waals surface area contributed by atoms with Gasteiger partial charge in [-0.15, -0.1) is 0 Å². The van der Waals surface area contributed by atoms with E-state index in [1.807, 2.05) is 25.1 Å². The summed E-state index contributed by atoms with van der Waals surface area (Å²) in [7, 11) is 1.73. The minimum atomic E-state index is -0.519. The summed E-state index contributed by atoms with van der Waals surface area (Å²) in [6, 6.07) is 6.52. The Bertz CT molecular complexity index is 998. The number of nitriles is 1. The first-order chi connectivity index (χ1) is 11.7. The van der Waals surface area contributed by atoms with Crippen molar-refractivity contribution in [2.24, 2.45) is 12.5 Å². The second-order valence-corrected chi connectivity index (χ2v) is 7.34. The maximum absolute atomic E-state index is 13.8. The number of aromatic nitrogens is 2. The molecule has 0 unspecified atom stereocenters. The number of rotatable bonds is 3. The van der Waals surface area contributed by atoms with Crippen LogP contribution in [0.2, 0.25) is 0 Å². The molecule has 1 heterocycles. The van der Waals surface area contributed by atoms with E-state index in [0.29, 0.717) is 18.5 Å². The van der Waals surface area contributed by atoms with E-state index in [9.17, 15) is 9.18 Å². The Balaban J connectivity index is 2.60. The van der Waals surface area contributed by atoms with Crippen LogP contribution in [0.25, 0.3) is 12.2 Å². The molecule has 0 fully saturated rings. The third kappa shape index (κ3) is 3.90. The second kappa shape index (κ2) is 7.10. The van der Waals surface area contributed by atoms with Crippen LogP contribution < -0.4 is 16.4 Å². The zero-order valence-electron chi connectivity index (χ0n) is 15.4. The lowest BCUT2D eigenvalue weighted by Crippen LogP contribution is -2.36. The average Bonchev–Trinajstić information content (AvgIpc) is 2.75. The van der Waals surface area contributed by atoms with Gasteiger partial charge in [0.25, 0.3) is 0 Å². The minimum absolute atomic E-state index is 0.0310.